The van der Waals surface area contributed by atoms with Crippen LogP contribution in [0.4, 0.5) is 4.79 Å². The number of carbonyl (C=O) groups is 1. The van der Waals surface area contributed by atoms with Crippen LogP contribution in [0.25, 0.3) is 0 Å². The Morgan fingerprint density at radius 3 is 2.75 bits per heavy atom. The molecule has 0 unspecified atom stereocenters. The smallest absolute Gasteiger partial charge is 0.319 e. The first-order chi connectivity index (χ1) is 5.75. The van der Waals surface area contributed by atoms with Crippen molar-refractivity contribution in [3.05, 3.63) is 0 Å². The first kappa shape index (κ1) is 9.32. The molecule has 0 aromatic rings. The van der Waals surface area contributed by atoms with Gasteiger partial charge in [-0.25, -0.2) is 4.79 Å². The molecule has 0 aromatic carbocycles. The third kappa shape index (κ3) is 2.11. The number of hydrogen-bond donors (Lipinski definition) is 1. The Hall–Kier alpha value is -0.770. The Bertz CT molecular complexity index is 160. The van der Waals surface area contributed by atoms with E-state index in [1.165, 1.54) is 0 Å². The van der Waals surface area contributed by atoms with Gasteiger partial charge in [-0.05, 0) is 20.0 Å². The molecule has 0 aromatic heterocycles. The lowest BCUT2D eigenvalue weighted by atomic mass is 10.4. The molecular formula is C8H17N3O. The molecule has 70 valence electrons. The zero-order chi connectivity index (χ0) is 8.97. The third-order valence-corrected chi connectivity index (χ3v) is 2.16. The number of amides is 2. The molecule has 1 fully saturated rings. The fourth-order valence-corrected chi connectivity index (χ4v) is 1.36. The Morgan fingerprint density at radius 2 is 2.25 bits per heavy atom. The van der Waals surface area contributed by atoms with Crippen molar-refractivity contribution in [3.63, 3.8) is 0 Å². The molecule has 0 atom stereocenters. The van der Waals surface area contributed by atoms with Gasteiger partial charge >= 0.3 is 6.03 Å². The molecule has 4 nitrogen and oxygen atoms in total. The number of likely N-dealkylation sites (N-methyl/N-ethyl adjacent to an activating group) is 1. The Labute approximate surface area is 73.5 Å². The molecule has 1 N–H and O–H groups in total. The highest BCUT2D eigenvalue weighted by atomic mass is 16.2. The summed E-state index contributed by atoms with van der Waals surface area (Å²) < 4.78 is 0. The number of rotatable bonds is 4. The molecule has 0 saturated carbocycles. The summed E-state index contributed by atoms with van der Waals surface area (Å²) in [5.74, 6) is 0. The van der Waals surface area contributed by atoms with Crippen LogP contribution < -0.4 is 5.32 Å². The summed E-state index contributed by atoms with van der Waals surface area (Å²) in [6.07, 6.45) is 1.04. The number of nitrogens with one attached hydrogen (secondary N) is 1. The normalized spacial score (nSPS) is 17.7. The van der Waals surface area contributed by atoms with Gasteiger partial charge in [-0.1, -0.05) is 0 Å². The van der Waals surface area contributed by atoms with Crippen molar-refractivity contribution >= 4 is 6.03 Å². The molecule has 1 saturated heterocycles. The Kier molecular flexibility index (Phi) is 3.34. The number of carbonyl (C=O) groups excluding carboxylic acids is 1. The molecule has 2 amide bonds. The molecule has 1 rings (SSSR count). The minimum atomic E-state index is 0.172. The monoisotopic (exact) mass is 171 g/mol. The van der Waals surface area contributed by atoms with Crippen LogP contribution >= 0.6 is 0 Å². The summed E-state index contributed by atoms with van der Waals surface area (Å²) in [5, 5.41) is 3.07. The van der Waals surface area contributed by atoms with Gasteiger partial charge in [0.1, 0.15) is 0 Å². The standard InChI is InChI=1S/C8H17N3O/c1-9-4-3-5-11-7-6-10(2)8(11)12/h9H,3-7H2,1-2H3. The fraction of sp³-hybridized carbons (Fsp3) is 0.875. The van der Waals surface area contributed by atoms with E-state index in [1.807, 2.05) is 19.0 Å². The highest BCUT2D eigenvalue weighted by Crippen LogP contribution is 2.05. The third-order valence-electron chi connectivity index (χ3n) is 2.16. The van der Waals surface area contributed by atoms with Crippen molar-refractivity contribution in [2.24, 2.45) is 0 Å². The van der Waals surface area contributed by atoms with Crippen LogP contribution in [0.5, 0.6) is 0 Å². The van der Waals surface area contributed by atoms with Crippen LogP contribution in [0.3, 0.4) is 0 Å². The maximum absolute atomic E-state index is 11.3. The second kappa shape index (κ2) is 4.30. The van der Waals surface area contributed by atoms with Crippen molar-refractivity contribution < 1.29 is 4.79 Å². The van der Waals surface area contributed by atoms with E-state index >= 15 is 0 Å². The summed E-state index contributed by atoms with van der Waals surface area (Å²) >= 11 is 0. The van der Waals surface area contributed by atoms with E-state index in [9.17, 15) is 4.79 Å². The predicted octanol–water partition coefficient (Wildman–Crippen LogP) is -0.0367. The lowest BCUT2D eigenvalue weighted by molar-refractivity contribution is 0.198. The van der Waals surface area contributed by atoms with Crippen LogP contribution in [0.2, 0.25) is 0 Å². The maximum Gasteiger partial charge on any atom is 0.319 e. The van der Waals surface area contributed by atoms with Crippen molar-refractivity contribution in [3.8, 4) is 0 Å². The molecular weight excluding hydrogens is 154 g/mol. The van der Waals surface area contributed by atoms with Gasteiger partial charge in [0.15, 0.2) is 0 Å². The Balaban J connectivity index is 2.20. The van der Waals surface area contributed by atoms with Crippen LogP contribution in [-0.4, -0.2) is 56.1 Å². The quantitative estimate of drug-likeness (QED) is 0.603. The van der Waals surface area contributed by atoms with Gasteiger partial charge in [0.05, 0.1) is 0 Å². The fourth-order valence-electron chi connectivity index (χ4n) is 1.36. The Morgan fingerprint density at radius 1 is 1.50 bits per heavy atom. The first-order valence-corrected chi connectivity index (χ1v) is 4.40. The molecule has 0 spiro atoms. The van der Waals surface area contributed by atoms with Crippen molar-refractivity contribution in [2.75, 3.05) is 40.3 Å². The summed E-state index contributed by atoms with van der Waals surface area (Å²) in [7, 11) is 3.78. The zero-order valence-electron chi connectivity index (χ0n) is 7.84. The van der Waals surface area contributed by atoms with Gasteiger partial charge in [0, 0.05) is 26.7 Å². The van der Waals surface area contributed by atoms with E-state index in [4.69, 9.17) is 0 Å². The predicted molar refractivity (Wildman–Crippen MR) is 48.1 cm³/mol. The average Bonchev–Trinajstić information content (AvgIpc) is 2.36. The second-order valence-corrected chi connectivity index (χ2v) is 3.15. The van der Waals surface area contributed by atoms with E-state index in [0.717, 1.165) is 32.6 Å². The summed E-state index contributed by atoms with van der Waals surface area (Å²) in [4.78, 5) is 15.0. The van der Waals surface area contributed by atoms with E-state index in [1.54, 1.807) is 4.90 Å². The molecule has 12 heavy (non-hydrogen) atoms. The topological polar surface area (TPSA) is 35.6 Å². The van der Waals surface area contributed by atoms with Gasteiger partial charge < -0.3 is 15.1 Å². The average molecular weight is 171 g/mol. The molecule has 0 radical (unpaired) electrons. The molecule has 1 aliphatic rings. The highest BCUT2D eigenvalue weighted by Gasteiger charge is 2.23. The molecule has 1 aliphatic heterocycles. The van der Waals surface area contributed by atoms with Gasteiger partial charge in [-0.3, -0.25) is 0 Å². The number of hydrogen-bond acceptors (Lipinski definition) is 2. The molecule has 0 aliphatic carbocycles. The van der Waals surface area contributed by atoms with Gasteiger partial charge in [0.2, 0.25) is 0 Å². The van der Waals surface area contributed by atoms with Gasteiger partial charge in [-0.2, -0.15) is 0 Å². The van der Waals surface area contributed by atoms with E-state index < -0.39 is 0 Å². The maximum atomic E-state index is 11.3. The molecule has 4 heteroatoms. The largest absolute Gasteiger partial charge is 0.326 e. The number of nitrogens with zero attached hydrogens (tertiary/aromatic N) is 2. The second-order valence-electron chi connectivity index (χ2n) is 3.15. The van der Waals surface area contributed by atoms with Crippen LogP contribution in [0.15, 0.2) is 0 Å². The van der Waals surface area contributed by atoms with E-state index in [2.05, 4.69) is 5.32 Å². The summed E-state index contributed by atoms with van der Waals surface area (Å²) in [6.45, 7) is 3.62. The molecule has 0 bridgehead atoms. The lowest BCUT2D eigenvalue weighted by Gasteiger charge is -2.15. The van der Waals surface area contributed by atoms with Crippen molar-refractivity contribution in [2.45, 2.75) is 6.42 Å². The zero-order valence-corrected chi connectivity index (χ0v) is 7.84. The minimum Gasteiger partial charge on any atom is -0.326 e. The van der Waals surface area contributed by atoms with Crippen LogP contribution in [0.1, 0.15) is 6.42 Å². The summed E-state index contributed by atoms with van der Waals surface area (Å²) in [6, 6.07) is 0.172. The van der Waals surface area contributed by atoms with Crippen molar-refractivity contribution in [1.29, 1.82) is 0 Å². The number of urea groups is 1. The van der Waals surface area contributed by atoms with Gasteiger partial charge in [-0.15, -0.1) is 0 Å². The first-order valence-electron chi connectivity index (χ1n) is 4.40. The highest BCUT2D eigenvalue weighted by molar-refractivity contribution is 5.76. The SMILES string of the molecule is CNCCCN1CCN(C)C1=O. The lowest BCUT2D eigenvalue weighted by Crippen LogP contribution is -2.31. The van der Waals surface area contributed by atoms with Crippen LogP contribution in [0, 0.1) is 0 Å². The van der Waals surface area contributed by atoms with E-state index in [-0.39, 0.29) is 6.03 Å². The van der Waals surface area contributed by atoms with Crippen molar-refractivity contribution in [1.82, 2.24) is 15.1 Å². The van der Waals surface area contributed by atoms with E-state index in [0.29, 0.717) is 0 Å². The van der Waals surface area contributed by atoms with Gasteiger partial charge in [0.25, 0.3) is 0 Å². The van der Waals surface area contributed by atoms with Crippen LogP contribution in [-0.2, 0) is 0 Å². The molecule has 1 heterocycles. The summed E-state index contributed by atoms with van der Waals surface area (Å²) in [5.41, 5.74) is 0. The minimum absolute atomic E-state index is 0.172.